The molecule has 0 amide bonds. The standard InChI is InChI=1S/C16H15ClN4OS2/c1-2-21-15(22)14(24-10-13-4-3-9-23-13)19-20-16(21)18-12-7-5-11(17)6-8-12/h3-9H,2,10H2,1H3,(H,18,20). The van der Waals surface area contributed by atoms with Crippen LogP contribution in [0.2, 0.25) is 5.02 Å². The van der Waals surface area contributed by atoms with Crippen LogP contribution >= 0.6 is 34.7 Å². The van der Waals surface area contributed by atoms with E-state index in [2.05, 4.69) is 15.5 Å². The Bertz CT molecular complexity index is 863. The van der Waals surface area contributed by atoms with Crippen LogP contribution < -0.4 is 10.9 Å². The van der Waals surface area contributed by atoms with Gasteiger partial charge >= 0.3 is 0 Å². The van der Waals surface area contributed by atoms with E-state index in [0.717, 1.165) is 11.4 Å². The van der Waals surface area contributed by atoms with Crippen LogP contribution in [0.1, 0.15) is 11.8 Å². The van der Waals surface area contributed by atoms with Gasteiger partial charge in [0.2, 0.25) is 5.95 Å². The number of aromatic nitrogens is 3. The molecule has 0 aliphatic rings. The van der Waals surface area contributed by atoms with E-state index in [9.17, 15) is 4.79 Å². The minimum Gasteiger partial charge on any atom is -0.324 e. The number of nitrogens with zero attached hydrogens (tertiary/aromatic N) is 3. The van der Waals surface area contributed by atoms with Crippen molar-refractivity contribution in [1.82, 2.24) is 14.8 Å². The molecule has 3 rings (SSSR count). The fraction of sp³-hybridized carbons (Fsp3) is 0.188. The third-order valence-corrected chi connectivity index (χ3v) is 5.56. The molecular weight excluding hydrogens is 364 g/mol. The van der Waals surface area contributed by atoms with Crippen LogP contribution in [0.25, 0.3) is 0 Å². The quantitative estimate of drug-likeness (QED) is 0.644. The number of rotatable bonds is 6. The van der Waals surface area contributed by atoms with E-state index in [0.29, 0.717) is 22.5 Å². The summed E-state index contributed by atoms with van der Waals surface area (Å²) >= 11 is 8.96. The molecule has 2 heterocycles. The molecule has 1 aromatic carbocycles. The van der Waals surface area contributed by atoms with Crippen molar-refractivity contribution in [3.63, 3.8) is 0 Å². The van der Waals surface area contributed by atoms with Crippen molar-refractivity contribution in [2.24, 2.45) is 0 Å². The highest BCUT2D eigenvalue weighted by molar-refractivity contribution is 7.98. The third-order valence-electron chi connectivity index (χ3n) is 3.27. The van der Waals surface area contributed by atoms with Crippen LogP contribution in [0.4, 0.5) is 11.6 Å². The maximum atomic E-state index is 12.6. The molecule has 0 spiro atoms. The average molecular weight is 379 g/mol. The lowest BCUT2D eigenvalue weighted by Gasteiger charge is -2.12. The third kappa shape index (κ3) is 3.98. The Labute approximate surface area is 152 Å². The molecule has 2 aromatic heterocycles. The maximum absolute atomic E-state index is 12.6. The van der Waals surface area contributed by atoms with Gasteiger partial charge in [-0.1, -0.05) is 29.4 Å². The molecule has 0 saturated heterocycles. The summed E-state index contributed by atoms with van der Waals surface area (Å²) in [6.07, 6.45) is 0. The zero-order valence-electron chi connectivity index (χ0n) is 12.9. The molecule has 0 aliphatic carbocycles. The molecule has 0 radical (unpaired) electrons. The Morgan fingerprint density at radius 3 is 2.71 bits per heavy atom. The van der Waals surface area contributed by atoms with Crippen molar-refractivity contribution in [2.75, 3.05) is 5.32 Å². The maximum Gasteiger partial charge on any atom is 0.287 e. The fourth-order valence-electron chi connectivity index (χ4n) is 2.07. The zero-order chi connectivity index (χ0) is 16.9. The largest absolute Gasteiger partial charge is 0.324 e. The molecule has 3 aromatic rings. The lowest BCUT2D eigenvalue weighted by molar-refractivity contribution is 0.662. The second-order valence-electron chi connectivity index (χ2n) is 4.88. The highest BCUT2D eigenvalue weighted by Crippen LogP contribution is 2.22. The molecule has 124 valence electrons. The number of hydrogen-bond donors (Lipinski definition) is 1. The van der Waals surface area contributed by atoms with Gasteiger partial charge in [0.25, 0.3) is 5.56 Å². The highest BCUT2D eigenvalue weighted by Gasteiger charge is 2.12. The molecule has 0 saturated carbocycles. The van der Waals surface area contributed by atoms with Gasteiger partial charge in [-0.2, -0.15) is 0 Å². The lowest BCUT2D eigenvalue weighted by Crippen LogP contribution is -2.26. The number of thioether (sulfide) groups is 1. The second kappa shape index (κ2) is 7.83. The second-order valence-corrected chi connectivity index (χ2v) is 7.31. The number of halogens is 1. The summed E-state index contributed by atoms with van der Waals surface area (Å²) in [5.74, 6) is 1.14. The summed E-state index contributed by atoms with van der Waals surface area (Å²) < 4.78 is 1.58. The molecule has 8 heteroatoms. The van der Waals surface area contributed by atoms with E-state index in [4.69, 9.17) is 11.6 Å². The van der Waals surface area contributed by atoms with Gasteiger partial charge in [0.05, 0.1) is 0 Å². The van der Waals surface area contributed by atoms with E-state index < -0.39 is 0 Å². The molecule has 24 heavy (non-hydrogen) atoms. The summed E-state index contributed by atoms with van der Waals surface area (Å²) in [5.41, 5.74) is 0.666. The number of nitrogens with one attached hydrogen (secondary N) is 1. The van der Waals surface area contributed by atoms with Crippen molar-refractivity contribution >= 4 is 46.3 Å². The van der Waals surface area contributed by atoms with Gasteiger partial charge < -0.3 is 5.32 Å². The first-order valence-electron chi connectivity index (χ1n) is 7.32. The predicted molar refractivity (Wildman–Crippen MR) is 101 cm³/mol. The molecule has 5 nitrogen and oxygen atoms in total. The van der Waals surface area contributed by atoms with Gasteiger partial charge in [0.15, 0.2) is 5.03 Å². The Morgan fingerprint density at radius 2 is 2.04 bits per heavy atom. The van der Waals surface area contributed by atoms with Gasteiger partial charge in [0, 0.05) is 27.9 Å². The highest BCUT2D eigenvalue weighted by atomic mass is 35.5. The fourth-order valence-corrected chi connectivity index (χ4v) is 3.85. The van der Waals surface area contributed by atoms with Crippen LogP contribution in [0.15, 0.2) is 51.6 Å². The van der Waals surface area contributed by atoms with Gasteiger partial charge in [-0.15, -0.1) is 21.5 Å². The van der Waals surface area contributed by atoms with Crippen molar-refractivity contribution in [3.8, 4) is 0 Å². The number of benzene rings is 1. The molecule has 0 fully saturated rings. The average Bonchev–Trinajstić information content (AvgIpc) is 3.10. The Hall–Kier alpha value is -1.83. The SMILES string of the molecule is CCn1c(Nc2ccc(Cl)cc2)nnc(SCc2cccs2)c1=O. The first-order valence-corrected chi connectivity index (χ1v) is 9.57. The van der Waals surface area contributed by atoms with Crippen LogP contribution in [0, 0.1) is 0 Å². The predicted octanol–water partition coefficient (Wildman–Crippen LogP) is 4.41. The molecule has 0 bridgehead atoms. The van der Waals surface area contributed by atoms with E-state index >= 15 is 0 Å². The Kier molecular flexibility index (Phi) is 5.55. The van der Waals surface area contributed by atoms with Crippen molar-refractivity contribution < 1.29 is 0 Å². The van der Waals surface area contributed by atoms with E-state index in [-0.39, 0.29) is 5.56 Å². The number of anilines is 2. The van der Waals surface area contributed by atoms with Gasteiger partial charge in [-0.3, -0.25) is 9.36 Å². The van der Waals surface area contributed by atoms with Crippen LogP contribution in [0.3, 0.4) is 0 Å². The summed E-state index contributed by atoms with van der Waals surface area (Å²) in [4.78, 5) is 13.8. The lowest BCUT2D eigenvalue weighted by atomic mass is 10.3. The van der Waals surface area contributed by atoms with Crippen LogP contribution in [-0.2, 0) is 12.3 Å². The Morgan fingerprint density at radius 1 is 1.25 bits per heavy atom. The monoisotopic (exact) mass is 378 g/mol. The van der Waals surface area contributed by atoms with E-state index in [1.54, 1.807) is 28.0 Å². The van der Waals surface area contributed by atoms with Crippen LogP contribution in [-0.4, -0.2) is 14.8 Å². The normalized spacial score (nSPS) is 10.8. The minimum atomic E-state index is -0.134. The number of hydrogen-bond acceptors (Lipinski definition) is 6. The van der Waals surface area contributed by atoms with Gasteiger partial charge in [-0.05, 0) is 42.6 Å². The van der Waals surface area contributed by atoms with E-state index in [1.807, 2.05) is 36.6 Å². The van der Waals surface area contributed by atoms with Crippen molar-refractivity contribution in [2.45, 2.75) is 24.2 Å². The smallest absolute Gasteiger partial charge is 0.287 e. The van der Waals surface area contributed by atoms with Gasteiger partial charge in [-0.25, -0.2) is 0 Å². The Balaban J connectivity index is 1.82. The first-order chi connectivity index (χ1) is 11.7. The summed E-state index contributed by atoms with van der Waals surface area (Å²) in [7, 11) is 0. The van der Waals surface area contributed by atoms with Crippen molar-refractivity contribution in [1.29, 1.82) is 0 Å². The first kappa shape index (κ1) is 17.0. The van der Waals surface area contributed by atoms with Gasteiger partial charge in [0.1, 0.15) is 0 Å². The number of thiophene rings is 1. The molecule has 1 N–H and O–H groups in total. The van der Waals surface area contributed by atoms with Crippen molar-refractivity contribution in [3.05, 3.63) is 62.0 Å². The molecular formula is C16H15ClN4OS2. The molecule has 0 atom stereocenters. The molecule has 0 unspecified atom stereocenters. The molecule has 0 aliphatic heterocycles. The summed E-state index contributed by atoms with van der Waals surface area (Å²) in [6.45, 7) is 2.42. The van der Waals surface area contributed by atoms with E-state index in [1.165, 1.54) is 16.6 Å². The summed E-state index contributed by atoms with van der Waals surface area (Å²) in [5, 5.41) is 14.5. The minimum absolute atomic E-state index is 0.134. The van der Waals surface area contributed by atoms with Crippen LogP contribution in [0.5, 0.6) is 0 Å². The summed E-state index contributed by atoms with van der Waals surface area (Å²) in [6, 6.07) is 11.2. The topological polar surface area (TPSA) is 59.8 Å². The zero-order valence-corrected chi connectivity index (χ0v) is 15.3.